The number of ether oxygens (including phenoxy) is 1. The lowest BCUT2D eigenvalue weighted by atomic mass is 9.97. The predicted octanol–water partition coefficient (Wildman–Crippen LogP) is 1.72. The zero-order chi connectivity index (χ0) is 19.0. The quantitative estimate of drug-likeness (QED) is 0.607. The maximum absolute atomic E-state index is 12.8. The number of rotatable bonds is 3. The van der Waals surface area contributed by atoms with Crippen molar-refractivity contribution in [2.45, 2.75) is 32.7 Å². The second kappa shape index (κ2) is 6.90. The highest BCUT2D eigenvalue weighted by Crippen LogP contribution is 2.27. The summed E-state index contributed by atoms with van der Waals surface area (Å²) in [5.41, 5.74) is 0.934. The molecule has 1 saturated heterocycles. The molecule has 1 fully saturated rings. The van der Waals surface area contributed by atoms with Gasteiger partial charge < -0.3 is 9.64 Å². The van der Waals surface area contributed by atoms with E-state index in [9.17, 15) is 19.2 Å². The molecule has 1 unspecified atom stereocenters. The van der Waals surface area contributed by atoms with E-state index < -0.39 is 0 Å². The van der Waals surface area contributed by atoms with E-state index in [1.165, 1.54) is 24.1 Å². The SMILES string of the molecule is COC(=O)C1CCCN(C(=O)c2ccc3c(c2)C(=O)N(C(C)C)C3=O)C1. The average molecular weight is 358 g/mol. The van der Waals surface area contributed by atoms with Gasteiger partial charge in [-0.25, -0.2) is 0 Å². The van der Waals surface area contributed by atoms with Gasteiger partial charge >= 0.3 is 5.97 Å². The van der Waals surface area contributed by atoms with Crippen LogP contribution >= 0.6 is 0 Å². The van der Waals surface area contributed by atoms with E-state index in [1.54, 1.807) is 24.8 Å². The summed E-state index contributed by atoms with van der Waals surface area (Å²) in [6.45, 7) is 4.39. The zero-order valence-corrected chi connectivity index (χ0v) is 15.2. The maximum atomic E-state index is 12.8. The Kier molecular flexibility index (Phi) is 4.80. The highest BCUT2D eigenvalue weighted by molar-refractivity contribution is 6.22. The number of piperidine rings is 1. The monoisotopic (exact) mass is 358 g/mol. The molecule has 3 amide bonds. The van der Waals surface area contributed by atoms with Crippen LogP contribution in [-0.2, 0) is 9.53 Å². The molecule has 2 aliphatic rings. The van der Waals surface area contributed by atoms with E-state index in [0.717, 1.165) is 6.42 Å². The lowest BCUT2D eigenvalue weighted by Crippen LogP contribution is -2.42. The lowest BCUT2D eigenvalue weighted by molar-refractivity contribution is -0.146. The Hall–Kier alpha value is -2.70. The second-order valence-electron chi connectivity index (χ2n) is 6.95. The van der Waals surface area contributed by atoms with Gasteiger partial charge in [0.05, 0.1) is 24.2 Å². The normalized spacial score (nSPS) is 19.8. The minimum Gasteiger partial charge on any atom is -0.469 e. The molecule has 3 rings (SSSR count). The van der Waals surface area contributed by atoms with Gasteiger partial charge in [-0.05, 0) is 44.9 Å². The number of hydrogen-bond acceptors (Lipinski definition) is 5. The van der Waals surface area contributed by atoms with Gasteiger partial charge in [0.2, 0.25) is 0 Å². The highest BCUT2D eigenvalue weighted by atomic mass is 16.5. The van der Waals surface area contributed by atoms with Gasteiger partial charge in [-0.15, -0.1) is 0 Å². The number of likely N-dealkylation sites (tertiary alicyclic amines) is 1. The van der Waals surface area contributed by atoms with Crippen LogP contribution in [0.2, 0.25) is 0 Å². The second-order valence-corrected chi connectivity index (χ2v) is 6.95. The summed E-state index contributed by atoms with van der Waals surface area (Å²) in [6.07, 6.45) is 1.41. The van der Waals surface area contributed by atoms with Crippen LogP contribution in [0.3, 0.4) is 0 Å². The molecule has 2 aliphatic heterocycles. The van der Waals surface area contributed by atoms with Gasteiger partial charge in [-0.3, -0.25) is 24.1 Å². The Balaban J connectivity index is 1.84. The lowest BCUT2D eigenvalue weighted by Gasteiger charge is -2.31. The molecule has 1 aromatic rings. The van der Waals surface area contributed by atoms with E-state index in [1.807, 2.05) is 0 Å². The van der Waals surface area contributed by atoms with Gasteiger partial charge in [-0.2, -0.15) is 0 Å². The van der Waals surface area contributed by atoms with Crippen LogP contribution in [0.15, 0.2) is 18.2 Å². The molecule has 0 bridgehead atoms. The number of benzene rings is 1. The summed E-state index contributed by atoms with van der Waals surface area (Å²) in [5.74, 6) is -1.59. The first-order valence-electron chi connectivity index (χ1n) is 8.74. The molecule has 26 heavy (non-hydrogen) atoms. The maximum Gasteiger partial charge on any atom is 0.310 e. The van der Waals surface area contributed by atoms with Crippen LogP contribution in [-0.4, -0.2) is 59.7 Å². The first kappa shape index (κ1) is 18.1. The number of fused-ring (bicyclic) bond motifs is 1. The first-order valence-corrected chi connectivity index (χ1v) is 8.74. The number of amides is 3. The van der Waals surface area contributed by atoms with E-state index in [2.05, 4.69) is 0 Å². The number of nitrogens with zero attached hydrogens (tertiary/aromatic N) is 2. The number of hydrogen-bond donors (Lipinski definition) is 0. The summed E-state index contributed by atoms with van der Waals surface area (Å²) in [6, 6.07) is 4.34. The molecule has 7 heteroatoms. The summed E-state index contributed by atoms with van der Waals surface area (Å²) >= 11 is 0. The molecule has 7 nitrogen and oxygen atoms in total. The van der Waals surface area contributed by atoms with Gasteiger partial charge in [0.1, 0.15) is 0 Å². The Morgan fingerprint density at radius 1 is 1.15 bits per heavy atom. The third kappa shape index (κ3) is 2.98. The molecule has 138 valence electrons. The molecule has 0 aromatic heterocycles. The van der Waals surface area contributed by atoms with Crippen molar-refractivity contribution in [1.29, 1.82) is 0 Å². The van der Waals surface area contributed by atoms with E-state index in [4.69, 9.17) is 4.74 Å². The number of carbonyl (C=O) groups excluding carboxylic acids is 4. The van der Waals surface area contributed by atoms with Crippen molar-refractivity contribution in [3.05, 3.63) is 34.9 Å². The van der Waals surface area contributed by atoms with Crippen LogP contribution in [0.25, 0.3) is 0 Å². The Morgan fingerprint density at radius 3 is 2.50 bits per heavy atom. The third-order valence-corrected chi connectivity index (χ3v) is 4.92. The fourth-order valence-corrected chi connectivity index (χ4v) is 3.56. The van der Waals surface area contributed by atoms with Gasteiger partial charge in [-0.1, -0.05) is 0 Å². The summed E-state index contributed by atoms with van der Waals surface area (Å²) in [5, 5.41) is 0. The van der Waals surface area contributed by atoms with E-state index >= 15 is 0 Å². The first-order chi connectivity index (χ1) is 12.3. The molecule has 0 N–H and O–H groups in total. The van der Waals surface area contributed by atoms with Crippen molar-refractivity contribution in [3.8, 4) is 0 Å². The minimum absolute atomic E-state index is 0.246. The van der Waals surface area contributed by atoms with Crippen molar-refractivity contribution >= 4 is 23.7 Å². The Labute approximate surface area is 151 Å². The van der Waals surface area contributed by atoms with Crippen LogP contribution in [0.1, 0.15) is 57.8 Å². The molecule has 2 heterocycles. The highest BCUT2D eigenvalue weighted by Gasteiger charge is 2.38. The average Bonchev–Trinajstić information content (AvgIpc) is 2.90. The van der Waals surface area contributed by atoms with E-state index in [0.29, 0.717) is 30.6 Å². The van der Waals surface area contributed by atoms with Gasteiger partial charge in [0.25, 0.3) is 17.7 Å². The molecule has 0 radical (unpaired) electrons. The fourth-order valence-electron chi connectivity index (χ4n) is 3.56. The predicted molar refractivity (Wildman–Crippen MR) is 92.7 cm³/mol. The standard InChI is InChI=1S/C19H22N2O5/c1-11(2)21-17(23)14-7-6-12(9-15(14)18(21)24)16(22)20-8-4-5-13(10-20)19(25)26-3/h6-7,9,11,13H,4-5,8,10H2,1-3H3. The van der Waals surface area contributed by atoms with Crippen LogP contribution in [0.5, 0.6) is 0 Å². The van der Waals surface area contributed by atoms with Crippen molar-refractivity contribution in [2.75, 3.05) is 20.2 Å². The molecular weight excluding hydrogens is 336 g/mol. The van der Waals surface area contributed by atoms with Crippen molar-refractivity contribution in [2.24, 2.45) is 5.92 Å². The van der Waals surface area contributed by atoms with Gasteiger partial charge in [0.15, 0.2) is 0 Å². The minimum atomic E-state index is -0.374. The molecule has 0 saturated carbocycles. The van der Waals surface area contributed by atoms with Crippen LogP contribution < -0.4 is 0 Å². The van der Waals surface area contributed by atoms with Crippen molar-refractivity contribution < 1.29 is 23.9 Å². The molecule has 0 spiro atoms. The summed E-state index contributed by atoms with van der Waals surface area (Å²) in [4.78, 5) is 52.2. The molecule has 1 aromatic carbocycles. The molecular formula is C19H22N2O5. The molecule has 0 aliphatic carbocycles. The van der Waals surface area contributed by atoms with Gasteiger partial charge in [0, 0.05) is 24.7 Å². The summed E-state index contributed by atoms with van der Waals surface area (Å²) < 4.78 is 4.78. The smallest absolute Gasteiger partial charge is 0.310 e. The van der Waals surface area contributed by atoms with Crippen LogP contribution in [0.4, 0.5) is 0 Å². The number of imide groups is 1. The number of carbonyl (C=O) groups is 4. The van der Waals surface area contributed by atoms with Crippen molar-refractivity contribution in [1.82, 2.24) is 9.80 Å². The zero-order valence-electron chi connectivity index (χ0n) is 15.2. The fraction of sp³-hybridized carbons (Fsp3) is 0.474. The number of methoxy groups -OCH3 is 1. The van der Waals surface area contributed by atoms with Crippen LogP contribution in [0, 0.1) is 5.92 Å². The number of esters is 1. The summed E-state index contributed by atoms with van der Waals surface area (Å²) in [7, 11) is 1.34. The Bertz CT molecular complexity index is 786. The third-order valence-electron chi connectivity index (χ3n) is 4.92. The molecule has 1 atom stereocenters. The topological polar surface area (TPSA) is 84.0 Å². The Morgan fingerprint density at radius 2 is 1.85 bits per heavy atom. The van der Waals surface area contributed by atoms with Crippen molar-refractivity contribution in [3.63, 3.8) is 0 Å². The van der Waals surface area contributed by atoms with E-state index in [-0.39, 0.29) is 41.2 Å². The largest absolute Gasteiger partial charge is 0.469 e.